The van der Waals surface area contributed by atoms with Gasteiger partial charge in [-0.05, 0) is 39.0 Å². The fourth-order valence-electron chi connectivity index (χ4n) is 1.25. The molecule has 5 nitrogen and oxygen atoms in total. The average Bonchev–Trinajstić information content (AvgIpc) is 2.28. The summed E-state index contributed by atoms with van der Waals surface area (Å²) >= 11 is 3.11. The van der Waals surface area contributed by atoms with Crippen molar-refractivity contribution in [2.75, 3.05) is 11.9 Å². The molecule has 0 fully saturated rings. The average molecular weight is 347 g/mol. The van der Waals surface area contributed by atoms with E-state index in [9.17, 15) is 14.0 Å². The highest BCUT2D eigenvalue weighted by Gasteiger charge is 2.16. The molecule has 0 saturated heterocycles. The van der Waals surface area contributed by atoms with Gasteiger partial charge in [0.2, 0.25) is 5.91 Å². The van der Waals surface area contributed by atoms with E-state index in [0.29, 0.717) is 4.47 Å². The van der Waals surface area contributed by atoms with E-state index in [1.165, 1.54) is 12.1 Å². The van der Waals surface area contributed by atoms with Crippen LogP contribution in [-0.2, 0) is 9.53 Å². The highest BCUT2D eigenvalue weighted by atomic mass is 79.9. The van der Waals surface area contributed by atoms with Crippen molar-refractivity contribution in [3.05, 3.63) is 28.5 Å². The molecule has 0 aromatic heterocycles. The second-order valence-electron chi connectivity index (χ2n) is 5.03. The van der Waals surface area contributed by atoms with Crippen molar-refractivity contribution in [2.45, 2.75) is 26.4 Å². The van der Waals surface area contributed by atoms with Gasteiger partial charge in [0.1, 0.15) is 18.0 Å². The molecule has 1 rings (SSSR count). The number of rotatable bonds is 3. The molecule has 1 aromatic carbocycles. The molecule has 2 amide bonds. The monoisotopic (exact) mass is 346 g/mol. The summed E-state index contributed by atoms with van der Waals surface area (Å²) in [5.41, 5.74) is -0.595. The normalized spacial score (nSPS) is 10.8. The third kappa shape index (κ3) is 6.01. The molecule has 0 bridgehead atoms. The van der Waals surface area contributed by atoms with Gasteiger partial charge in [-0.25, -0.2) is 9.18 Å². The Labute approximate surface area is 125 Å². The maximum Gasteiger partial charge on any atom is 0.408 e. The molecule has 1 aromatic rings. The Balaban J connectivity index is 2.46. The summed E-state index contributed by atoms with van der Waals surface area (Å²) in [5.74, 6) is -1.11. The SMILES string of the molecule is CC(C)(C)OC(=O)NCC(=O)Nc1ccc(Br)cc1F. The van der Waals surface area contributed by atoms with Crippen molar-refractivity contribution < 1.29 is 18.7 Å². The smallest absolute Gasteiger partial charge is 0.408 e. The minimum Gasteiger partial charge on any atom is -0.444 e. The zero-order valence-corrected chi connectivity index (χ0v) is 13.0. The summed E-state index contributed by atoms with van der Waals surface area (Å²) in [6.07, 6.45) is -0.705. The first-order chi connectivity index (χ1) is 9.17. The molecule has 0 heterocycles. The number of alkyl carbamates (subject to hydrolysis) is 1. The van der Waals surface area contributed by atoms with Crippen LogP contribution < -0.4 is 10.6 Å². The maximum absolute atomic E-state index is 13.5. The highest BCUT2D eigenvalue weighted by molar-refractivity contribution is 9.10. The first-order valence-electron chi connectivity index (χ1n) is 5.89. The molecule has 0 aliphatic heterocycles. The summed E-state index contributed by atoms with van der Waals surface area (Å²) < 4.78 is 19.0. The van der Waals surface area contributed by atoms with Crippen LogP contribution in [0.2, 0.25) is 0 Å². The van der Waals surface area contributed by atoms with Gasteiger partial charge in [-0.15, -0.1) is 0 Å². The number of carbonyl (C=O) groups is 2. The second-order valence-corrected chi connectivity index (χ2v) is 5.94. The van der Waals surface area contributed by atoms with Gasteiger partial charge in [0.15, 0.2) is 0 Å². The molecule has 0 aliphatic carbocycles. The molecule has 0 unspecified atom stereocenters. The number of benzene rings is 1. The van der Waals surface area contributed by atoms with Crippen LogP contribution in [-0.4, -0.2) is 24.1 Å². The number of hydrogen-bond acceptors (Lipinski definition) is 3. The molecule has 7 heteroatoms. The van der Waals surface area contributed by atoms with Crippen LogP contribution in [0.15, 0.2) is 22.7 Å². The fraction of sp³-hybridized carbons (Fsp3) is 0.385. The first-order valence-corrected chi connectivity index (χ1v) is 6.68. The van der Waals surface area contributed by atoms with E-state index in [1.54, 1.807) is 26.8 Å². The van der Waals surface area contributed by atoms with Crippen molar-refractivity contribution >= 4 is 33.6 Å². The van der Waals surface area contributed by atoms with E-state index in [-0.39, 0.29) is 12.2 Å². The first kappa shape index (κ1) is 16.4. The molecule has 0 radical (unpaired) electrons. The number of anilines is 1. The molecular formula is C13H16BrFN2O3. The number of amides is 2. The summed E-state index contributed by atoms with van der Waals surface area (Å²) in [6, 6.07) is 4.25. The molecule has 0 saturated carbocycles. The number of nitrogens with one attached hydrogen (secondary N) is 2. The van der Waals surface area contributed by atoms with E-state index < -0.39 is 23.4 Å². The van der Waals surface area contributed by atoms with Crippen molar-refractivity contribution in [3.63, 3.8) is 0 Å². The van der Waals surface area contributed by atoms with Crippen molar-refractivity contribution in [1.29, 1.82) is 0 Å². The predicted octanol–water partition coefficient (Wildman–Crippen LogP) is 3.05. The van der Waals surface area contributed by atoms with Crippen LogP contribution in [0.5, 0.6) is 0 Å². The fourth-order valence-corrected chi connectivity index (χ4v) is 1.59. The van der Waals surface area contributed by atoms with E-state index in [2.05, 4.69) is 26.6 Å². The summed E-state index contributed by atoms with van der Waals surface area (Å²) in [7, 11) is 0. The molecule has 0 atom stereocenters. The third-order valence-corrected chi connectivity index (χ3v) is 2.49. The maximum atomic E-state index is 13.5. The minimum absolute atomic E-state index is 0.0455. The topological polar surface area (TPSA) is 67.4 Å². The van der Waals surface area contributed by atoms with Crippen molar-refractivity contribution in [1.82, 2.24) is 5.32 Å². The van der Waals surface area contributed by atoms with E-state index in [4.69, 9.17) is 4.74 Å². The molecule has 0 spiro atoms. The highest BCUT2D eigenvalue weighted by Crippen LogP contribution is 2.19. The van der Waals surface area contributed by atoms with Crippen molar-refractivity contribution in [2.24, 2.45) is 0 Å². The Morgan fingerprint density at radius 2 is 2.00 bits per heavy atom. The van der Waals surface area contributed by atoms with Crippen LogP contribution in [0.3, 0.4) is 0 Å². The van der Waals surface area contributed by atoms with Crippen LogP contribution in [0.4, 0.5) is 14.9 Å². The Kier molecular flexibility index (Phi) is 5.50. The number of carbonyl (C=O) groups excluding carboxylic acids is 2. The van der Waals surface area contributed by atoms with Gasteiger partial charge in [-0.1, -0.05) is 15.9 Å². The molecular weight excluding hydrogens is 331 g/mol. The predicted molar refractivity (Wildman–Crippen MR) is 77.0 cm³/mol. The van der Waals surface area contributed by atoms with Crippen LogP contribution in [0.25, 0.3) is 0 Å². The molecule has 2 N–H and O–H groups in total. The van der Waals surface area contributed by atoms with Crippen LogP contribution >= 0.6 is 15.9 Å². The van der Waals surface area contributed by atoms with E-state index >= 15 is 0 Å². The summed E-state index contributed by atoms with van der Waals surface area (Å²) in [5, 5.41) is 4.64. The number of ether oxygens (including phenoxy) is 1. The van der Waals surface area contributed by atoms with Gasteiger partial charge in [-0.2, -0.15) is 0 Å². The van der Waals surface area contributed by atoms with Crippen LogP contribution in [0, 0.1) is 5.82 Å². The lowest BCUT2D eigenvalue weighted by Gasteiger charge is -2.19. The van der Waals surface area contributed by atoms with Gasteiger partial charge in [0.25, 0.3) is 0 Å². The number of hydrogen-bond donors (Lipinski definition) is 2. The lowest BCUT2D eigenvalue weighted by molar-refractivity contribution is -0.115. The van der Waals surface area contributed by atoms with Gasteiger partial charge < -0.3 is 15.4 Å². The standard InChI is InChI=1S/C13H16BrFN2O3/c1-13(2,3)20-12(19)16-7-11(18)17-10-5-4-8(14)6-9(10)15/h4-6H,7H2,1-3H3,(H,16,19)(H,17,18). The molecule has 20 heavy (non-hydrogen) atoms. The van der Waals surface area contributed by atoms with E-state index in [1.807, 2.05) is 0 Å². The van der Waals surface area contributed by atoms with Crippen LogP contribution in [0.1, 0.15) is 20.8 Å². The van der Waals surface area contributed by atoms with Gasteiger partial charge >= 0.3 is 6.09 Å². The lowest BCUT2D eigenvalue weighted by atomic mass is 10.2. The lowest BCUT2D eigenvalue weighted by Crippen LogP contribution is -2.37. The van der Waals surface area contributed by atoms with Gasteiger partial charge in [-0.3, -0.25) is 4.79 Å². The van der Waals surface area contributed by atoms with Gasteiger partial charge in [0, 0.05) is 4.47 Å². The Morgan fingerprint density at radius 1 is 1.35 bits per heavy atom. The zero-order chi connectivity index (χ0) is 15.3. The summed E-state index contributed by atoms with van der Waals surface area (Å²) in [6.45, 7) is 4.84. The number of halogens is 2. The summed E-state index contributed by atoms with van der Waals surface area (Å²) in [4.78, 5) is 22.9. The minimum atomic E-state index is -0.705. The Bertz CT molecular complexity index is 515. The van der Waals surface area contributed by atoms with Gasteiger partial charge in [0.05, 0.1) is 5.69 Å². The quantitative estimate of drug-likeness (QED) is 0.883. The van der Waals surface area contributed by atoms with Crippen molar-refractivity contribution in [3.8, 4) is 0 Å². The largest absolute Gasteiger partial charge is 0.444 e. The molecule has 110 valence electrons. The van der Waals surface area contributed by atoms with E-state index in [0.717, 1.165) is 0 Å². The molecule has 0 aliphatic rings. The third-order valence-electron chi connectivity index (χ3n) is 2.00. The Morgan fingerprint density at radius 3 is 2.55 bits per heavy atom. The second kappa shape index (κ2) is 6.69. The zero-order valence-electron chi connectivity index (χ0n) is 11.4. The Hall–Kier alpha value is -1.63.